The summed E-state index contributed by atoms with van der Waals surface area (Å²) in [4.78, 5) is 0. The molecule has 0 bridgehead atoms. The number of benzene rings is 1. The second-order valence-corrected chi connectivity index (χ2v) is 4.34. The van der Waals surface area contributed by atoms with Gasteiger partial charge in [-0.1, -0.05) is 30.3 Å². The molecule has 1 aliphatic heterocycles. The molecule has 1 aliphatic rings. The Labute approximate surface area is 90.0 Å². The van der Waals surface area contributed by atoms with Gasteiger partial charge in [0.2, 0.25) is 0 Å². The highest BCUT2D eigenvalue weighted by molar-refractivity contribution is 6.18. The summed E-state index contributed by atoms with van der Waals surface area (Å²) in [6, 6.07) is 10.4. The van der Waals surface area contributed by atoms with Crippen molar-refractivity contribution in [3.8, 4) is 0 Å². The van der Waals surface area contributed by atoms with Crippen molar-refractivity contribution >= 4 is 11.6 Å². The molecular weight excluding hydrogens is 196 g/mol. The van der Waals surface area contributed by atoms with Crippen LogP contribution >= 0.6 is 11.6 Å². The predicted molar refractivity (Wildman–Crippen MR) is 58.6 cm³/mol. The van der Waals surface area contributed by atoms with Crippen LogP contribution in [0.5, 0.6) is 0 Å². The predicted octanol–water partition coefficient (Wildman–Crippen LogP) is 3.32. The maximum atomic E-state index is 5.95. The Hall–Kier alpha value is -0.530. The second kappa shape index (κ2) is 3.92. The Morgan fingerprint density at radius 3 is 2.71 bits per heavy atom. The van der Waals surface area contributed by atoms with Gasteiger partial charge in [-0.2, -0.15) is 0 Å². The molecule has 1 saturated heterocycles. The average molecular weight is 211 g/mol. The standard InChI is InChI=1S/C12H15ClO/c1-12(8-7-11(9-13)14-12)10-5-3-2-4-6-10/h2-6,11H,7-9H2,1H3. The summed E-state index contributed by atoms with van der Waals surface area (Å²) < 4.78 is 5.95. The van der Waals surface area contributed by atoms with E-state index >= 15 is 0 Å². The summed E-state index contributed by atoms with van der Waals surface area (Å²) >= 11 is 5.80. The van der Waals surface area contributed by atoms with Crippen LogP contribution in [-0.4, -0.2) is 12.0 Å². The summed E-state index contributed by atoms with van der Waals surface area (Å²) in [5.41, 5.74) is 1.13. The first-order valence-electron chi connectivity index (χ1n) is 5.04. The van der Waals surface area contributed by atoms with Crippen molar-refractivity contribution in [2.45, 2.75) is 31.5 Å². The van der Waals surface area contributed by atoms with Crippen molar-refractivity contribution < 1.29 is 4.74 Å². The van der Waals surface area contributed by atoms with E-state index in [2.05, 4.69) is 31.2 Å². The molecule has 0 amide bonds. The first-order chi connectivity index (χ1) is 6.74. The van der Waals surface area contributed by atoms with E-state index in [1.165, 1.54) is 5.56 Å². The van der Waals surface area contributed by atoms with Crippen molar-refractivity contribution in [1.82, 2.24) is 0 Å². The summed E-state index contributed by atoms with van der Waals surface area (Å²) in [6.07, 6.45) is 2.35. The highest BCUT2D eigenvalue weighted by atomic mass is 35.5. The lowest BCUT2D eigenvalue weighted by molar-refractivity contribution is -0.0230. The van der Waals surface area contributed by atoms with Crippen molar-refractivity contribution in [2.75, 3.05) is 5.88 Å². The van der Waals surface area contributed by atoms with Crippen molar-refractivity contribution in [1.29, 1.82) is 0 Å². The molecule has 1 nitrogen and oxygen atoms in total. The molecule has 0 aromatic heterocycles. The smallest absolute Gasteiger partial charge is 0.0908 e. The third kappa shape index (κ3) is 1.79. The molecule has 1 aromatic carbocycles. The lowest BCUT2D eigenvalue weighted by Crippen LogP contribution is -2.22. The molecule has 1 fully saturated rings. The number of rotatable bonds is 2. The van der Waals surface area contributed by atoms with E-state index in [1.807, 2.05) is 6.07 Å². The maximum Gasteiger partial charge on any atom is 0.0908 e. The molecular formula is C12H15ClO. The quantitative estimate of drug-likeness (QED) is 0.681. The highest BCUT2D eigenvalue weighted by Crippen LogP contribution is 2.38. The maximum absolute atomic E-state index is 5.95. The Balaban J connectivity index is 2.19. The van der Waals surface area contributed by atoms with Gasteiger partial charge in [0, 0.05) is 5.88 Å². The van der Waals surface area contributed by atoms with E-state index in [1.54, 1.807) is 0 Å². The molecule has 0 saturated carbocycles. The SMILES string of the molecule is CC1(c2ccccc2)CCC(CCl)O1. The topological polar surface area (TPSA) is 9.23 Å². The van der Waals surface area contributed by atoms with Gasteiger partial charge >= 0.3 is 0 Å². The van der Waals surface area contributed by atoms with Crippen molar-refractivity contribution in [3.63, 3.8) is 0 Å². The molecule has 2 unspecified atom stereocenters. The van der Waals surface area contributed by atoms with Crippen LogP contribution in [0.4, 0.5) is 0 Å². The van der Waals surface area contributed by atoms with Crippen LogP contribution in [0.25, 0.3) is 0 Å². The molecule has 1 aromatic rings. The second-order valence-electron chi connectivity index (χ2n) is 4.03. The van der Waals surface area contributed by atoms with Gasteiger partial charge in [0.25, 0.3) is 0 Å². The minimum absolute atomic E-state index is 0.124. The van der Waals surface area contributed by atoms with Crippen LogP contribution < -0.4 is 0 Å². The summed E-state index contributed by atoms with van der Waals surface area (Å²) in [5.74, 6) is 0.600. The summed E-state index contributed by atoms with van der Waals surface area (Å²) in [7, 11) is 0. The van der Waals surface area contributed by atoms with E-state index < -0.39 is 0 Å². The van der Waals surface area contributed by atoms with Crippen LogP contribution in [0.1, 0.15) is 25.3 Å². The molecule has 14 heavy (non-hydrogen) atoms. The normalized spacial score (nSPS) is 32.0. The molecule has 0 N–H and O–H groups in total. The van der Waals surface area contributed by atoms with Crippen LogP contribution in [0.3, 0.4) is 0 Å². The largest absolute Gasteiger partial charge is 0.366 e. The Kier molecular flexibility index (Phi) is 2.80. The van der Waals surface area contributed by atoms with E-state index in [0.717, 1.165) is 12.8 Å². The number of ether oxygens (including phenoxy) is 1. The minimum Gasteiger partial charge on any atom is -0.366 e. The lowest BCUT2D eigenvalue weighted by Gasteiger charge is -2.25. The van der Waals surface area contributed by atoms with E-state index in [9.17, 15) is 0 Å². The van der Waals surface area contributed by atoms with Crippen molar-refractivity contribution in [3.05, 3.63) is 35.9 Å². The summed E-state index contributed by atoms with van der Waals surface area (Å²) in [6.45, 7) is 2.15. The Morgan fingerprint density at radius 1 is 1.43 bits per heavy atom. The Morgan fingerprint density at radius 2 is 2.14 bits per heavy atom. The van der Waals surface area contributed by atoms with Crippen LogP contribution in [-0.2, 0) is 10.3 Å². The highest BCUT2D eigenvalue weighted by Gasteiger charge is 2.36. The van der Waals surface area contributed by atoms with Gasteiger partial charge < -0.3 is 4.74 Å². The zero-order valence-corrected chi connectivity index (χ0v) is 9.13. The average Bonchev–Trinajstić information content (AvgIpc) is 2.63. The third-order valence-corrected chi connectivity index (χ3v) is 3.27. The monoisotopic (exact) mass is 210 g/mol. The zero-order valence-electron chi connectivity index (χ0n) is 8.37. The first-order valence-corrected chi connectivity index (χ1v) is 5.57. The molecule has 2 atom stereocenters. The third-order valence-electron chi connectivity index (χ3n) is 2.93. The molecule has 1 heterocycles. The van der Waals surface area contributed by atoms with Crippen LogP contribution in [0.15, 0.2) is 30.3 Å². The van der Waals surface area contributed by atoms with Gasteiger partial charge in [-0.25, -0.2) is 0 Å². The molecule has 2 heteroatoms. The molecule has 0 aliphatic carbocycles. The number of hydrogen-bond donors (Lipinski definition) is 0. The fourth-order valence-electron chi connectivity index (χ4n) is 2.03. The van der Waals surface area contributed by atoms with Gasteiger partial charge in [-0.05, 0) is 25.3 Å². The van der Waals surface area contributed by atoms with E-state index in [4.69, 9.17) is 16.3 Å². The van der Waals surface area contributed by atoms with Gasteiger partial charge in [0.05, 0.1) is 11.7 Å². The van der Waals surface area contributed by atoms with Crippen LogP contribution in [0, 0.1) is 0 Å². The van der Waals surface area contributed by atoms with Crippen LogP contribution in [0.2, 0.25) is 0 Å². The fourth-order valence-corrected chi connectivity index (χ4v) is 2.25. The zero-order chi connectivity index (χ0) is 10.0. The van der Waals surface area contributed by atoms with Gasteiger partial charge in [0.1, 0.15) is 0 Å². The molecule has 2 rings (SSSR count). The van der Waals surface area contributed by atoms with Crippen molar-refractivity contribution in [2.24, 2.45) is 0 Å². The molecule has 0 radical (unpaired) electrons. The van der Waals surface area contributed by atoms with Gasteiger partial charge in [0.15, 0.2) is 0 Å². The first kappa shape index (κ1) is 10.0. The Bertz CT molecular complexity index is 298. The lowest BCUT2D eigenvalue weighted by atomic mass is 9.93. The number of alkyl halides is 1. The molecule has 76 valence electrons. The van der Waals surface area contributed by atoms with Gasteiger partial charge in [-0.3, -0.25) is 0 Å². The minimum atomic E-state index is -0.124. The van der Waals surface area contributed by atoms with Gasteiger partial charge in [-0.15, -0.1) is 11.6 Å². The molecule has 0 spiro atoms. The fraction of sp³-hybridized carbons (Fsp3) is 0.500. The number of halogens is 1. The van der Waals surface area contributed by atoms with E-state index in [-0.39, 0.29) is 11.7 Å². The number of hydrogen-bond acceptors (Lipinski definition) is 1. The summed E-state index contributed by atoms with van der Waals surface area (Å²) in [5, 5.41) is 0. The van der Waals surface area contributed by atoms with E-state index in [0.29, 0.717) is 5.88 Å².